The van der Waals surface area contributed by atoms with Gasteiger partial charge in [0.1, 0.15) is 6.10 Å². The molecule has 1 aliphatic carbocycles. The number of rotatable bonds is 6. The van der Waals surface area contributed by atoms with Crippen LogP contribution in [-0.2, 0) is 13.1 Å². The lowest BCUT2D eigenvalue weighted by molar-refractivity contribution is 0.148. The molecule has 8 nitrogen and oxygen atoms in total. The van der Waals surface area contributed by atoms with Gasteiger partial charge in [0.25, 0.3) is 0 Å². The van der Waals surface area contributed by atoms with E-state index in [1.54, 1.807) is 7.05 Å². The number of ether oxygens (including phenoxy) is 1. The van der Waals surface area contributed by atoms with E-state index < -0.39 is 0 Å². The van der Waals surface area contributed by atoms with Crippen molar-refractivity contribution in [3.63, 3.8) is 0 Å². The zero-order valence-electron chi connectivity index (χ0n) is 17.1. The van der Waals surface area contributed by atoms with Gasteiger partial charge in [0, 0.05) is 32.1 Å². The van der Waals surface area contributed by atoms with Crippen molar-refractivity contribution in [2.24, 2.45) is 4.99 Å². The molecule has 0 aromatic carbocycles. The first-order chi connectivity index (χ1) is 14.3. The summed E-state index contributed by atoms with van der Waals surface area (Å²) in [6.07, 6.45) is 10.2. The first-order valence-electron chi connectivity index (χ1n) is 10.2. The third kappa shape index (κ3) is 5.80. The normalized spacial score (nSPS) is 14.9. The largest absolute Gasteiger partial charge is 0.474 e. The van der Waals surface area contributed by atoms with Gasteiger partial charge >= 0.3 is 0 Å². The molecule has 2 N–H and O–H groups in total. The molecule has 0 aliphatic heterocycles. The summed E-state index contributed by atoms with van der Waals surface area (Å²) in [5.74, 6) is 2.23. The number of hydrogen-bond acceptors (Lipinski definition) is 5. The lowest BCUT2D eigenvalue weighted by Crippen LogP contribution is -2.36. The quantitative estimate of drug-likeness (QED) is 0.294. The Morgan fingerprint density at radius 3 is 2.70 bits per heavy atom. The molecule has 0 saturated heterocycles. The van der Waals surface area contributed by atoms with Crippen LogP contribution < -0.4 is 15.4 Å². The zero-order chi connectivity index (χ0) is 19.9. The van der Waals surface area contributed by atoms with Gasteiger partial charge in [-0.25, -0.2) is 4.98 Å². The van der Waals surface area contributed by atoms with Gasteiger partial charge in [-0.3, -0.25) is 9.39 Å². The van der Waals surface area contributed by atoms with Crippen LogP contribution in [-0.4, -0.2) is 38.7 Å². The summed E-state index contributed by atoms with van der Waals surface area (Å²) in [6, 6.07) is 9.82. The van der Waals surface area contributed by atoms with Gasteiger partial charge in [-0.2, -0.15) is 0 Å². The average molecular weight is 521 g/mol. The third-order valence-electron chi connectivity index (χ3n) is 5.12. The van der Waals surface area contributed by atoms with Crippen LogP contribution >= 0.6 is 24.0 Å². The second-order valence-corrected chi connectivity index (χ2v) is 7.21. The Morgan fingerprint density at radius 1 is 1.10 bits per heavy atom. The lowest BCUT2D eigenvalue weighted by atomic mass is 9.98. The van der Waals surface area contributed by atoms with Crippen LogP contribution in [0, 0.1) is 0 Å². The van der Waals surface area contributed by atoms with E-state index in [1.165, 1.54) is 19.3 Å². The number of guanidine groups is 1. The third-order valence-corrected chi connectivity index (χ3v) is 5.12. The average Bonchev–Trinajstić information content (AvgIpc) is 3.19. The number of nitrogens with one attached hydrogen (secondary N) is 2. The molecule has 160 valence electrons. The number of nitrogens with zero attached hydrogens (tertiary/aromatic N) is 5. The van der Waals surface area contributed by atoms with Crippen molar-refractivity contribution >= 4 is 35.6 Å². The fourth-order valence-corrected chi connectivity index (χ4v) is 3.52. The molecular formula is C21H28IN7O. The second kappa shape index (κ2) is 11.1. The molecule has 1 aliphatic rings. The Hall–Kier alpha value is -2.43. The maximum absolute atomic E-state index is 5.99. The van der Waals surface area contributed by atoms with Crippen molar-refractivity contribution in [3.05, 3.63) is 54.1 Å². The SMILES string of the molecule is CN=C(NCc1ccc(OC2CCCCC2)nc1)NCc1nnc2ccccn12.I. The molecule has 0 amide bonds. The Bertz CT molecular complexity index is 951. The Kier molecular flexibility index (Phi) is 8.23. The smallest absolute Gasteiger partial charge is 0.213 e. The highest BCUT2D eigenvalue weighted by Crippen LogP contribution is 2.22. The van der Waals surface area contributed by atoms with Gasteiger partial charge in [-0.1, -0.05) is 18.6 Å². The summed E-state index contributed by atoms with van der Waals surface area (Å²) in [6.45, 7) is 1.15. The summed E-state index contributed by atoms with van der Waals surface area (Å²) < 4.78 is 7.94. The van der Waals surface area contributed by atoms with Gasteiger partial charge in [-0.05, 0) is 43.4 Å². The van der Waals surface area contributed by atoms with Crippen molar-refractivity contribution in [2.45, 2.75) is 51.3 Å². The van der Waals surface area contributed by atoms with E-state index in [1.807, 2.05) is 47.1 Å². The molecule has 9 heteroatoms. The Labute approximate surface area is 193 Å². The van der Waals surface area contributed by atoms with E-state index in [0.717, 1.165) is 29.9 Å². The van der Waals surface area contributed by atoms with Crippen LogP contribution in [0.2, 0.25) is 0 Å². The van der Waals surface area contributed by atoms with E-state index in [2.05, 4.69) is 30.8 Å². The number of aromatic nitrogens is 4. The fourth-order valence-electron chi connectivity index (χ4n) is 3.52. The highest BCUT2D eigenvalue weighted by Gasteiger charge is 2.15. The van der Waals surface area contributed by atoms with Crippen LogP contribution in [0.25, 0.3) is 5.65 Å². The van der Waals surface area contributed by atoms with Crippen LogP contribution in [0.1, 0.15) is 43.5 Å². The summed E-state index contributed by atoms with van der Waals surface area (Å²) in [5, 5.41) is 14.9. The number of fused-ring (bicyclic) bond motifs is 1. The molecule has 3 aromatic rings. The molecule has 0 spiro atoms. The molecule has 3 aromatic heterocycles. The first kappa shape index (κ1) is 22.3. The van der Waals surface area contributed by atoms with Crippen molar-refractivity contribution in [2.75, 3.05) is 7.05 Å². The van der Waals surface area contributed by atoms with Crippen LogP contribution in [0.4, 0.5) is 0 Å². The first-order valence-corrected chi connectivity index (χ1v) is 10.2. The minimum absolute atomic E-state index is 0. The maximum atomic E-state index is 5.99. The number of hydrogen-bond donors (Lipinski definition) is 2. The van der Waals surface area contributed by atoms with Gasteiger partial charge in [-0.15, -0.1) is 34.2 Å². The molecule has 1 saturated carbocycles. The summed E-state index contributed by atoms with van der Waals surface area (Å²) in [7, 11) is 1.75. The van der Waals surface area contributed by atoms with Crippen molar-refractivity contribution in [1.82, 2.24) is 30.2 Å². The minimum Gasteiger partial charge on any atom is -0.474 e. The molecule has 0 bridgehead atoms. The zero-order valence-corrected chi connectivity index (χ0v) is 19.5. The topological polar surface area (TPSA) is 88.7 Å². The second-order valence-electron chi connectivity index (χ2n) is 7.21. The minimum atomic E-state index is 0. The molecule has 0 atom stereocenters. The Morgan fingerprint density at radius 2 is 1.93 bits per heavy atom. The predicted octanol–water partition coefficient (Wildman–Crippen LogP) is 3.32. The number of halogens is 1. The van der Waals surface area contributed by atoms with Gasteiger partial charge < -0.3 is 15.4 Å². The van der Waals surface area contributed by atoms with Gasteiger partial charge in [0.2, 0.25) is 5.88 Å². The lowest BCUT2D eigenvalue weighted by Gasteiger charge is -2.22. The van der Waals surface area contributed by atoms with Crippen LogP contribution in [0.15, 0.2) is 47.7 Å². The predicted molar refractivity (Wildman–Crippen MR) is 127 cm³/mol. The van der Waals surface area contributed by atoms with Gasteiger partial charge in [0.05, 0.1) is 6.54 Å². The van der Waals surface area contributed by atoms with Crippen molar-refractivity contribution in [1.29, 1.82) is 0 Å². The molecule has 0 unspecified atom stereocenters. The summed E-state index contributed by atoms with van der Waals surface area (Å²) in [4.78, 5) is 8.72. The van der Waals surface area contributed by atoms with Gasteiger partial charge in [0.15, 0.2) is 17.4 Å². The standard InChI is InChI=1S/C21H27N7O.HI/c1-22-21(25-15-19-27-26-18-9-5-6-12-28(18)19)24-14-16-10-11-20(23-13-16)29-17-7-3-2-4-8-17;/h5-6,9-13,17H,2-4,7-8,14-15H2,1H3,(H2,22,24,25);1H. The van der Waals surface area contributed by atoms with Crippen molar-refractivity contribution < 1.29 is 4.74 Å². The van der Waals surface area contributed by atoms with Crippen LogP contribution in [0.5, 0.6) is 5.88 Å². The number of aliphatic imine (C=N–C) groups is 1. The van der Waals surface area contributed by atoms with Crippen molar-refractivity contribution in [3.8, 4) is 5.88 Å². The maximum Gasteiger partial charge on any atom is 0.213 e. The number of pyridine rings is 2. The van der Waals surface area contributed by atoms with E-state index in [-0.39, 0.29) is 24.0 Å². The van der Waals surface area contributed by atoms with E-state index in [0.29, 0.717) is 31.0 Å². The molecule has 30 heavy (non-hydrogen) atoms. The van der Waals surface area contributed by atoms with E-state index in [4.69, 9.17) is 4.74 Å². The molecule has 0 radical (unpaired) electrons. The highest BCUT2D eigenvalue weighted by atomic mass is 127. The molecule has 1 fully saturated rings. The molecule has 3 heterocycles. The summed E-state index contributed by atoms with van der Waals surface area (Å²) in [5.41, 5.74) is 1.89. The van der Waals surface area contributed by atoms with Crippen LogP contribution in [0.3, 0.4) is 0 Å². The molecule has 4 rings (SSSR count). The Balaban J connectivity index is 0.00000256. The van der Waals surface area contributed by atoms with E-state index >= 15 is 0 Å². The molecular weight excluding hydrogens is 493 g/mol. The monoisotopic (exact) mass is 521 g/mol. The summed E-state index contributed by atoms with van der Waals surface area (Å²) >= 11 is 0. The highest BCUT2D eigenvalue weighted by molar-refractivity contribution is 14.0. The fraction of sp³-hybridized carbons (Fsp3) is 0.429. The van der Waals surface area contributed by atoms with E-state index in [9.17, 15) is 0 Å².